The Morgan fingerprint density at radius 2 is 2.12 bits per heavy atom. The van der Waals surface area contributed by atoms with Crippen LogP contribution in [-0.4, -0.2) is 27.5 Å². The molecule has 0 spiro atoms. The standard InChI is InChI=1S/C16H17F2N5O2/c1-10-4-2-3-7-22(10)16-14(23(24)25)15(19-9-20-16)21-13-6-5-11(17)8-12(13)18/h5-6,8-10H,2-4,7H2,1H3,(H,19,20,21). The molecule has 1 aromatic carbocycles. The molecule has 1 atom stereocenters. The lowest BCUT2D eigenvalue weighted by Gasteiger charge is -2.33. The maximum atomic E-state index is 13.9. The predicted molar refractivity (Wildman–Crippen MR) is 89.0 cm³/mol. The Bertz CT molecular complexity index is 802. The monoisotopic (exact) mass is 349 g/mol. The van der Waals surface area contributed by atoms with Gasteiger partial charge >= 0.3 is 5.69 Å². The molecule has 1 saturated heterocycles. The minimum absolute atomic E-state index is 0.0964. The average Bonchev–Trinajstić information content (AvgIpc) is 2.57. The Kier molecular flexibility index (Phi) is 4.73. The van der Waals surface area contributed by atoms with E-state index in [1.807, 2.05) is 11.8 Å². The van der Waals surface area contributed by atoms with Gasteiger partial charge < -0.3 is 10.2 Å². The fourth-order valence-electron chi connectivity index (χ4n) is 2.97. The summed E-state index contributed by atoms with van der Waals surface area (Å²) < 4.78 is 26.9. The van der Waals surface area contributed by atoms with Crippen molar-refractivity contribution in [3.05, 3.63) is 46.3 Å². The Balaban J connectivity index is 2.02. The highest BCUT2D eigenvalue weighted by Crippen LogP contribution is 2.36. The van der Waals surface area contributed by atoms with Crippen LogP contribution in [0.25, 0.3) is 0 Å². The topological polar surface area (TPSA) is 84.2 Å². The molecule has 1 N–H and O–H groups in total. The van der Waals surface area contributed by atoms with Crippen molar-refractivity contribution in [1.29, 1.82) is 0 Å². The molecule has 2 aromatic rings. The third kappa shape index (κ3) is 3.49. The zero-order valence-corrected chi connectivity index (χ0v) is 13.6. The van der Waals surface area contributed by atoms with Crippen LogP contribution in [0.4, 0.5) is 31.8 Å². The van der Waals surface area contributed by atoms with Crippen LogP contribution in [-0.2, 0) is 0 Å². The van der Waals surface area contributed by atoms with Crippen LogP contribution < -0.4 is 10.2 Å². The van der Waals surface area contributed by atoms with Gasteiger partial charge in [-0.2, -0.15) is 0 Å². The van der Waals surface area contributed by atoms with Gasteiger partial charge in [0.2, 0.25) is 11.6 Å². The summed E-state index contributed by atoms with van der Waals surface area (Å²) in [6.45, 7) is 2.64. The van der Waals surface area contributed by atoms with Gasteiger partial charge in [0.15, 0.2) is 0 Å². The van der Waals surface area contributed by atoms with Crippen LogP contribution >= 0.6 is 0 Å². The van der Waals surface area contributed by atoms with Crippen molar-refractivity contribution in [2.75, 3.05) is 16.8 Å². The van der Waals surface area contributed by atoms with E-state index < -0.39 is 16.6 Å². The number of benzene rings is 1. The number of aromatic nitrogens is 2. The summed E-state index contributed by atoms with van der Waals surface area (Å²) in [5.74, 6) is -1.51. The molecule has 3 rings (SSSR count). The van der Waals surface area contributed by atoms with Crippen molar-refractivity contribution in [3.63, 3.8) is 0 Å². The van der Waals surface area contributed by atoms with Gasteiger partial charge in [-0.25, -0.2) is 18.7 Å². The van der Waals surface area contributed by atoms with Crippen molar-refractivity contribution < 1.29 is 13.7 Å². The van der Waals surface area contributed by atoms with E-state index in [4.69, 9.17) is 0 Å². The largest absolute Gasteiger partial charge is 0.353 e. The highest BCUT2D eigenvalue weighted by Gasteiger charge is 2.31. The second-order valence-electron chi connectivity index (χ2n) is 5.94. The van der Waals surface area contributed by atoms with E-state index in [0.29, 0.717) is 12.6 Å². The number of piperidine rings is 1. The summed E-state index contributed by atoms with van der Waals surface area (Å²) in [5, 5.41) is 14.2. The zero-order chi connectivity index (χ0) is 18.0. The van der Waals surface area contributed by atoms with E-state index in [2.05, 4.69) is 15.3 Å². The first-order chi connectivity index (χ1) is 12.0. The van der Waals surface area contributed by atoms with Gasteiger partial charge in [0, 0.05) is 18.7 Å². The van der Waals surface area contributed by atoms with Crippen molar-refractivity contribution in [2.24, 2.45) is 0 Å². The lowest BCUT2D eigenvalue weighted by atomic mass is 10.0. The first-order valence-electron chi connectivity index (χ1n) is 7.95. The van der Waals surface area contributed by atoms with Crippen molar-refractivity contribution in [3.8, 4) is 0 Å². The Labute approximate surface area is 142 Å². The number of nitro groups is 1. The molecule has 0 aliphatic carbocycles. The van der Waals surface area contributed by atoms with Crippen molar-refractivity contribution >= 4 is 23.0 Å². The summed E-state index contributed by atoms with van der Waals surface area (Å²) in [4.78, 5) is 20.9. The van der Waals surface area contributed by atoms with Crippen LogP contribution in [0.5, 0.6) is 0 Å². The van der Waals surface area contributed by atoms with Crippen LogP contribution in [0.15, 0.2) is 24.5 Å². The van der Waals surface area contributed by atoms with E-state index in [9.17, 15) is 18.9 Å². The molecule has 9 heteroatoms. The number of hydrogen-bond donors (Lipinski definition) is 1. The summed E-state index contributed by atoms with van der Waals surface area (Å²) >= 11 is 0. The first-order valence-corrected chi connectivity index (χ1v) is 7.95. The molecule has 0 bridgehead atoms. The molecule has 0 radical (unpaired) electrons. The van der Waals surface area contributed by atoms with Gasteiger partial charge in [-0.3, -0.25) is 10.1 Å². The van der Waals surface area contributed by atoms with E-state index >= 15 is 0 Å². The van der Waals surface area contributed by atoms with Gasteiger partial charge in [0.05, 0.1) is 10.6 Å². The number of anilines is 3. The van der Waals surface area contributed by atoms with E-state index in [0.717, 1.165) is 25.3 Å². The maximum absolute atomic E-state index is 13.9. The average molecular weight is 349 g/mol. The van der Waals surface area contributed by atoms with Gasteiger partial charge in [-0.1, -0.05) is 0 Å². The predicted octanol–water partition coefficient (Wildman–Crippen LogP) is 3.79. The first kappa shape index (κ1) is 17.0. The van der Waals surface area contributed by atoms with Gasteiger partial charge in [-0.15, -0.1) is 0 Å². The van der Waals surface area contributed by atoms with Crippen LogP contribution in [0.3, 0.4) is 0 Å². The smallest absolute Gasteiger partial charge is 0.348 e. The van der Waals surface area contributed by atoms with Gasteiger partial charge in [-0.05, 0) is 38.3 Å². The fraction of sp³-hybridized carbons (Fsp3) is 0.375. The second-order valence-corrected chi connectivity index (χ2v) is 5.94. The number of nitrogens with zero attached hydrogens (tertiary/aromatic N) is 4. The number of nitrogens with one attached hydrogen (secondary N) is 1. The van der Waals surface area contributed by atoms with Crippen LogP contribution in [0.1, 0.15) is 26.2 Å². The lowest BCUT2D eigenvalue weighted by molar-refractivity contribution is -0.383. The lowest BCUT2D eigenvalue weighted by Crippen LogP contribution is -2.38. The minimum Gasteiger partial charge on any atom is -0.348 e. The third-order valence-electron chi connectivity index (χ3n) is 4.24. The summed E-state index contributed by atoms with van der Waals surface area (Å²) in [6.07, 6.45) is 4.09. The molecule has 0 amide bonds. The quantitative estimate of drug-likeness (QED) is 0.668. The van der Waals surface area contributed by atoms with Crippen molar-refractivity contribution in [1.82, 2.24) is 9.97 Å². The number of hydrogen-bond acceptors (Lipinski definition) is 6. The summed E-state index contributed by atoms with van der Waals surface area (Å²) in [5.41, 5.74) is -0.416. The fourth-order valence-corrected chi connectivity index (χ4v) is 2.97. The molecule has 1 unspecified atom stereocenters. The Hall–Kier alpha value is -2.84. The van der Waals surface area contributed by atoms with Gasteiger partial charge in [0.1, 0.15) is 18.0 Å². The Morgan fingerprint density at radius 3 is 2.80 bits per heavy atom. The minimum atomic E-state index is -0.860. The number of rotatable bonds is 4. The molecule has 1 fully saturated rings. The molecule has 1 aliphatic rings. The molecule has 7 nitrogen and oxygen atoms in total. The van der Waals surface area contributed by atoms with E-state index in [-0.39, 0.29) is 29.1 Å². The molecule has 2 heterocycles. The highest BCUT2D eigenvalue weighted by molar-refractivity contribution is 5.74. The maximum Gasteiger partial charge on any atom is 0.353 e. The zero-order valence-electron chi connectivity index (χ0n) is 13.6. The summed E-state index contributed by atoms with van der Waals surface area (Å²) in [7, 11) is 0. The third-order valence-corrected chi connectivity index (χ3v) is 4.24. The van der Waals surface area contributed by atoms with Crippen molar-refractivity contribution in [2.45, 2.75) is 32.2 Å². The highest BCUT2D eigenvalue weighted by atomic mass is 19.1. The molecule has 0 saturated carbocycles. The van der Waals surface area contributed by atoms with Crippen LogP contribution in [0, 0.1) is 21.7 Å². The second kappa shape index (κ2) is 6.96. The number of halogens is 2. The molecule has 1 aromatic heterocycles. The molecule has 1 aliphatic heterocycles. The molecule has 25 heavy (non-hydrogen) atoms. The Morgan fingerprint density at radius 1 is 1.32 bits per heavy atom. The molecular weight excluding hydrogens is 332 g/mol. The SMILES string of the molecule is CC1CCCCN1c1ncnc(Nc2ccc(F)cc2F)c1[N+](=O)[O-]. The van der Waals surface area contributed by atoms with E-state index in [1.165, 1.54) is 12.4 Å². The molecule has 132 valence electrons. The van der Waals surface area contributed by atoms with Crippen LogP contribution in [0.2, 0.25) is 0 Å². The summed E-state index contributed by atoms with van der Waals surface area (Å²) in [6, 6.07) is 3.03. The van der Waals surface area contributed by atoms with E-state index in [1.54, 1.807) is 0 Å². The van der Waals surface area contributed by atoms with Gasteiger partial charge in [0.25, 0.3) is 0 Å². The normalized spacial score (nSPS) is 17.4. The molecular formula is C16H17F2N5O2.